The molecule has 0 radical (unpaired) electrons. The Kier molecular flexibility index (Phi) is 3.86. The third kappa shape index (κ3) is 2.64. The average molecular weight is 375 g/mol. The summed E-state index contributed by atoms with van der Waals surface area (Å²) in [6.45, 7) is 1.54. The lowest BCUT2D eigenvalue weighted by Gasteiger charge is -2.38. The normalized spacial score (nSPS) is 17.5. The summed E-state index contributed by atoms with van der Waals surface area (Å²) in [7, 11) is 1.66. The van der Waals surface area contributed by atoms with Crippen LogP contribution in [0.25, 0.3) is 11.3 Å². The van der Waals surface area contributed by atoms with Gasteiger partial charge in [0.2, 0.25) is 5.95 Å². The molecule has 2 aliphatic rings. The van der Waals surface area contributed by atoms with Gasteiger partial charge in [-0.05, 0) is 18.2 Å². The number of benzene rings is 2. The van der Waals surface area contributed by atoms with Crippen molar-refractivity contribution in [3.8, 4) is 17.0 Å². The van der Waals surface area contributed by atoms with E-state index in [1.54, 1.807) is 7.11 Å². The minimum Gasteiger partial charge on any atom is -0.497 e. The maximum Gasteiger partial charge on any atom is 0.339 e. The Bertz CT molecular complexity index is 1030. The molecule has 3 aromatic rings. The fourth-order valence-electron chi connectivity index (χ4n) is 4.21. The highest BCUT2D eigenvalue weighted by atomic mass is 16.6. The summed E-state index contributed by atoms with van der Waals surface area (Å²) in [6.07, 6.45) is 3.36. The Balaban J connectivity index is 1.34. The van der Waals surface area contributed by atoms with Gasteiger partial charge in [-0.25, -0.2) is 9.78 Å². The summed E-state index contributed by atoms with van der Waals surface area (Å²) in [4.78, 5) is 22.4. The van der Waals surface area contributed by atoms with Crippen molar-refractivity contribution in [3.05, 3.63) is 65.9 Å². The largest absolute Gasteiger partial charge is 0.497 e. The topological polar surface area (TPSA) is 67.5 Å². The van der Waals surface area contributed by atoms with Gasteiger partial charge in [0.1, 0.15) is 11.4 Å². The predicted octanol–water partition coefficient (Wildman–Crippen LogP) is 3.75. The number of piperidine rings is 1. The van der Waals surface area contributed by atoms with Crippen LogP contribution < -0.4 is 9.64 Å². The van der Waals surface area contributed by atoms with Crippen LogP contribution in [0.2, 0.25) is 0 Å². The molecule has 2 aromatic carbocycles. The molecule has 2 aliphatic heterocycles. The number of carbonyl (C=O) groups is 1. The zero-order valence-electron chi connectivity index (χ0n) is 15.6. The molecule has 1 aromatic heterocycles. The zero-order valence-corrected chi connectivity index (χ0v) is 15.6. The number of hydrogen-bond acceptors (Lipinski definition) is 5. The van der Waals surface area contributed by atoms with Gasteiger partial charge in [0.05, 0.1) is 24.6 Å². The summed E-state index contributed by atoms with van der Waals surface area (Å²) < 4.78 is 11.1. The van der Waals surface area contributed by atoms with Crippen molar-refractivity contribution in [1.82, 2.24) is 9.97 Å². The van der Waals surface area contributed by atoms with Crippen LogP contribution in [0.15, 0.2) is 54.7 Å². The van der Waals surface area contributed by atoms with Crippen LogP contribution in [-0.2, 0) is 10.3 Å². The van der Waals surface area contributed by atoms with Crippen LogP contribution in [0.3, 0.4) is 0 Å². The molecule has 0 amide bonds. The number of ether oxygens (including phenoxy) is 2. The van der Waals surface area contributed by atoms with E-state index in [0.717, 1.165) is 54.4 Å². The van der Waals surface area contributed by atoms with Gasteiger partial charge in [-0.3, -0.25) is 0 Å². The molecule has 1 fully saturated rings. The molecular weight excluding hydrogens is 354 g/mol. The highest BCUT2D eigenvalue weighted by Crippen LogP contribution is 2.44. The molecule has 1 N–H and O–H groups in total. The van der Waals surface area contributed by atoms with E-state index in [-0.39, 0.29) is 5.97 Å². The predicted molar refractivity (Wildman–Crippen MR) is 106 cm³/mol. The average Bonchev–Trinajstić information content (AvgIpc) is 3.33. The first-order chi connectivity index (χ1) is 13.7. The Hall–Kier alpha value is -3.28. The molecule has 1 spiro atoms. The van der Waals surface area contributed by atoms with Crippen LogP contribution in [0.5, 0.6) is 5.75 Å². The highest BCUT2D eigenvalue weighted by molar-refractivity contribution is 5.94. The first-order valence-corrected chi connectivity index (χ1v) is 9.46. The van der Waals surface area contributed by atoms with Gasteiger partial charge in [0.25, 0.3) is 0 Å². The van der Waals surface area contributed by atoms with Gasteiger partial charge in [0, 0.05) is 37.1 Å². The van der Waals surface area contributed by atoms with Crippen LogP contribution in [0.1, 0.15) is 28.8 Å². The molecule has 6 nitrogen and oxygen atoms in total. The fourth-order valence-corrected chi connectivity index (χ4v) is 4.21. The number of imidazole rings is 1. The van der Waals surface area contributed by atoms with E-state index in [1.165, 1.54) is 0 Å². The smallest absolute Gasteiger partial charge is 0.339 e. The van der Waals surface area contributed by atoms with Crippen molar-refractivity contribution in [2.45, 2.75) is 18.4 Å². The first kappa shape index (κ1) is 16.9. The second kappa shape index (κ2) is 6.41. The first-order valence-electron chi connectivity index (χ1n) is 9.46. The maximum atomic E-state index is 12.2. The lowest BCUT2D eigenvalue weighted by molar-refractivity contribution is -0.0211. The summed E-state index contributed by atoms with van der Waals surface area (Å²) in [5.74, 6) is 1.45. The number of aromatic nitrogens is 2. The summed E-state index contributed by atoms with van der Waals surface area (Å²) in [5.41, 5.74) is 3.22. The number of hydrogen-bond donors (Lipinski definition) is 1. The summed E-state index contributed by atoms with van der Waals surface area (Å²) in [5, 5.41) is 0. The molecule has 0 atom stereocenters. The molecular formula is C22H21N3O3. The summed E-state index contributed by atoms with van der Waals surface area (Å²) in [6, 6.07) is 15.6. The molecule has 0 unspecified atom stereocenters. The molecule has 1 saturated heterocycles. The molecule has 0 aliphatic carbocycles. The second-order valence-corrected chi connectivity index (χ2v) is 7.27. The van der Waals surface area contributed by atoms with Crippen LogP contribution in [0, 0.1) is 0 Å². The third-order valence-electron chi connectivity index (χ3n) is 5.74. The van der Waals surface area contributed by atoms with E-state index < -0.39 is 5.60 Å². The monoisotopic (exact) mass is 375 g/mol. The molecule has 0 bridgehead atoms. The number of nitrogens with zero attached hydrogens (tertiary/aromatic N) is 2. The van der Waals surface area contributed by atoms with Gasteiger partial charge in [0.15, 0.2) is 0 Å². The number of aromatic amines is 1. The number of anilines is 1. The van der Waals surface area contributed by atoms with Gasteiger partial charge in [-0.2, -0.15) is 0 Å². The van der Waals surface area contributed by atoms with Crippen molar-refractivity contribution in [2.75, 3.05) is 25.1 Å². The molecule has 0 saturated carbocycles. The van der Waals surface area contributed by atoms with E-state index >= 15 is 0 Å². The van der Waals surface area contributed by atoms with Gasteiger partial charge in [-0.15, -0.1) is 0 Å². The quantitative estimate of drug-likeness (QED) is 0.706. The van der Waals surface area contributed by atoms with Crippen LogP contribution >= 0.6 is 0 Å². The van der Waals surface area contributed by atoms with Crippen molar-refractivity contribution < 1.29 is 14.3 Å². The second-order valence-electron chi connectivity index (χ2n) is 7.27. The Morgan fingerprint density at radius 2 is 1.96 bits per heavy atom. The van der Waals surface area contributed by atoms with Crippen molar-refractivity contribution >= 4 is 11.9 Å². The molecule has 3 heterocycles. The molecule has 5 rings (SSSR count). The van der Waals surface area contributed by atoms with E-state index in [9.17, 15) is 4.79 Å². The van der Waals surface area contributed by atoms with Crippen molar-refractivity contribution in [3.63, 3.8) is 0 Å². The maximum absolute atomic E-state index is 12.2. The van der Waals surface area contributed by atoms with Crippen LogP contribution in [0.4, 0.5) is 5.95 Å². The number of carbonyl (C=O) groups excluding carboxylic acids is 1. The minimum absolute atomic E-state index is 0.206. The Morgan fingerprint density at radius 3 is 2.79 bits per heavy atom. The fraction of sp³-hybridized carbons (Fsp3) is 0.273. The van der Waals surface area contributed by atoms with Crippen LogP contribution in [-0.4, -0.2) is 36.1 Å². The van der Waals surface area contributed by atoms with E-state index in [0.29, 0.717) is 5.56 Å². The highest BCUT2D eigenvalue weighted by Gasteiger charge is 2.47. The SMILES string of the molecule is COc1cccc(-c2cnc(N3CCC4(CC3)OC(=O)c3ccccc34)[nH]2)c1. The lowest BCUT2D eigenvalue weighted by Crippen LogP contribution is -2.43. The van der Waals surface area contributed by atoms with E-state index in [4.69, 9.17) is 9.47 Å². The standard InChI is InChI=1S/C22H21N3O3/c1-27-16-6-4-5-15(13-16)19-14-23-21(24-19)25-11-9-22(10-12-25)18-8-3-2-7-17(18)20(26)28-22/h2-8,13-14H,9-12H2,1H3,(H,23,24). The summed E-state index contributed by atoms with van der Waals surface area (Å²) >= 11 is 0. The van der Waals surface area contributed by atoms with E-state index in [1.807, 2.05) is 54.7 Å². The van der Waals surface area contributed by atoms with Crippen molar-refractivity contribution in [2.24, 2.45) is 0 Å². The molecule has 6 heteroatoms. The van der Waals surface area contributed by atoms with Gasteiger partial charge in [-0.1, -0.05) is 30.3 Å². The van der Waals surface area contributed by atoms with E-state index in [2.05, 4.69) is 14.9 Å². The number of rotatable bonds is 3. The number of methoxy groups -OCH3 is 1. The lowest BCUT2D eigenvalue weighted by atomic mass is 9.84. The van der Waals surface area contributed by atoms with Gasteiger partial charge >= 0.3 is 5.97 Å². The molecule has 28 heavy (non-hydrogen) atoms. The van der Waals surface area contributed by atoms with Crippen molar-refractivity contribution in [1.29, 1.82) is 0 Å². The number of H-pyrrole nitrogens is 1. The number of esters is 1. The Morgan fingerprint density at radius 1 is 1.14 bits per heavy atom. The van der Waals surface area contributed by atoms with Gasteiger partial charge < -0.3 is 19.4 Å². The molecule has 142 valence electrons. The number of nitrogens with one attached hydrogen (secondary N) is 1. The Labute approximate surface area is 163 Å². The zero-order chi connectivity index (χ0) is 19.1. The minimum atomic E-state index is -0.494. The number of fused-ring (bicyclic) bond motifs is 2. The third-order valence-corrected chi connectivity index (χ3v) is 5.74.